The van der Waals surface area contributed by atoms with Gasteiger partial charge in [0.15, 0.2) is 0 Å². The molecule has 2 heterocycles. The lowest BCUT2D eigenvalue weighted by Crippen LogP contribution is -2.30. The normalized spacial score (nSPS) is 14.0. The Balaban J connectivity index is 1.90. The monoisotopic (exact) mass is 255 g/mol. The molecule has 0 amide bonds. The maximum atomic E-state index is 10.8. The number of aromatic nitrogens is 1. The molecule has 0 atom stereocenters. The summed E-state index contributed by atoms with van der Waals surface area (Å²) in [7, 11) is 0. The van der Waals surface area contributed by atoms with Crippen LogP contribution in [0.3, 0.4) is 0 Å². The molecular formula is C14H13N3O2. The van der Waals surface area contributed by atoms with E-state index >= 15 is 0 Å². The Bertz CT molecular complexity index is 613. The van der Waals surface area contributed by atoms with Crippen LogP contribution in [-0.2, 0) is 13.0 Å². The molecule has 1 aliphatic heterocycles. The van der Waals surface area contributed by atoms with Crippen LogP contribution in [0.5, 0.6) is 0 Å². The standard InChI is InChI=1S/C14H13N3O2/c18-17(19)13-5-4-11-6-8-16(10-12(11)9-13)14-3-1-2-7-15-14/h1-5,7,9H,6,8,10H2. The van der Waals surface area contributed by atoms with Gasteiger partial charge in [-0.2, -0.15) is 0 Å². The second-order valence-corrected chi connectivity index (χ2v) is 4.57. The molecule has 96 valence electrons. The zero-order chi connectivity index (χ0) is 13.2. The number of anilines is 1. The highest BCUT2D eigenvalue weighted by Gasteiger charge is 2.19. The van der Waals surface area contributed by atoms with E-state index in [1.807, 2.05) is 24.3 Å². The van der Waals surface area contributed by atoms with Gasteiger partial charge in [-0.3, -0.25) is 10.1 Å². The third-order valence-corrected chi connectivity index (χ3v) is 3.39. The van der Waals surface area contributed by atoms with E-state index in [2.05, 4.69) is 9.88 Å². The molecular weight excluding hydrogens is 242 g/mol. The summed E-state index contributed by atoms with van der Waals surface area (Å²) in [5.74, 6) is 0.916. The molecule has 0 aliphatic carbocycles. The Kier molecular flexibility index (Phi) is 2.87. The molecule has 1 aromatic heterocycles. The van der Waals surface area contributed by atoms with E-state index in [0.29, 0.717) is 6.54 Å². The van der Waals surface area contributed by atoms with Gasteiger partial charge in [0.2, 0.25) is 0 Å². The zero-order valence-electron chi connectivity index (χ0n) is 10.3. The summed E-state index contributed by atoms with van der Waals surface area (Å²) < 4.78 is 0. The first kappa shape index (κ1) is 11.6. The molecule has 0 spiro atoms. The van der Waals surface area contributed by atoms with Gasteiger partial charge < -0.3 is 4.90 Å². The van der Waals surface area contributed by atoms with Crippen LogP contribution in [0.15, 0.2) is 42.6 Å². The highest BCUT2D eigenvalue weighted by molar-refractivity contribution is 5.47. The second-order valence-electron chi connectivity index (χ2n) is 4.57. The van der Waals surface area contributed by atoms with Gasteiger partial charge in [0.1, 0.15) is 5.82 Å². The van der Waals surface area contributed by atoms with Crippen LogP contribution in [0.25, 0.3) is 0 Å². The number of non-ortho nitro benzene ring substituents is 1. The molecule has 0 radical (unpaired) electrons. The maximum Gasteiger partial charge on any atom is 0.269 e. The van der Waals surface area contributed by atoms with Crippen molar-refractivity contribution in [2.75, 3.05) is 11.4 Å². The molecule has 1 aliphatic rings. The summed E-state index contributed by atoms with van der Waals surface area (Å²) >= 11 is 0. The Labute approximate surface area is 110 Å². The van der Waals surface area contributed by atoms with Crippen LogP contribution >= 0.6 is 0 Å². The van der Waals surface area contributed by atoms with Crippen molar-refractivity contribution in [1.82, 2.24) is 4.98 Å². The fraction of sp³-hybridized carbons (Fsp3) is 0.214. The summed E-state index contributed by atoms with van der Waals surface area (Å²) in [4.78, 5) is 16.9. The number of fused-ring (bicyclic) bond motifs is 1. The number of rotatable bonds is 2. The van der Waals surface area contributed by atoms with Gasteiger partial charge in [0.25, 0.3) is 5.69 Å². The van der Waals surface area contributed by atoms with E-state index in [1.165, 1.54) is 5.56 Å². The van der Waals surface area contributed by atoms with Crippen molar-refractivity contribution in [3.05, 3.63) is 63.8 Å². The lowest BCUT2D eigenvalue weighted by atomic mass is 9.99. The third-order valence-electron chi connectivity index (χ3n) is 3.39. The smallest absolute Gasteiger partial charge is 0.269 e. The van der Waals surface area contributed by atoms with Crippen molar-refractivity contribution in [1.29, 1.82) is 0 Å². The highest BCUT2D eigenvalue weighted by Crippen LogP contribution is 2.26. The van der Waals surface area contributed by atoms with Crippen LogP contribution in [0.1, 0.15) is 11.1 Å². The van der Waals surface area contributed by atoms with Gasteiger partial charge in [-0.05, 0) is 29.7 Å². The molecule has 0 saturated carbocycles. The quantitative estimate of drug-likeness (QED) is 0.611. The summed E-state index contributed by atoms with van der Waals surface area (Å²) in [5.41, 5.74) is 2.37. The SMILES string of the molecule is O=[N+]([O-])c1ccc2c(c1)CN(c1ccccn1)CC2. The maximum absolute atomic E-state index is 10.8. The number of pyridine rings is 1. The predicted molar refractivity (Wildman–Crippen MR) is 72.1 cm³/mol. The Morgan fingerprint density at radius 3 is 2.84 bits per heavy atom. The Morgan fingerprint density at radius 1 is 1.21 bits per heavy atom. The van der Waals surface area contributed by atoms with Crippen molar-refractivity contribution in [3.8, 4) is 0 Å². The van der Waals surface area contributed by atoms with Crippen LogP contribution in [0.2, 0.25) is 0 Å². The first-order valence-electron chi connectivity index (χ1n) is 6.16. The topological polar surface area (TPSA) is 59.3 Å². The fourth-order valence-electron chi connectivity index (χ4n) is 2.39. The van der Waals surface area contributed by atoms with Gasteiger partial charge in [-0.1, -0.05) is 12.1 Å². The van der Waals surface area contributed by atoms with Crippen molar-refractivity contribution in [2.45, 2.75) is 13.0 Å². The fourth-order valence-corrected chi connectivity index (χ4v) is 2.39. The summed E-state index contributed by atoms with van der Waals surface area (Å²) in [6.07, 6.45) is 2.65. The van der Waals surface area contributed by atoms with Crippen LogP contribution < -0.4 is 4.90 Å². The lowest BCUT2D eigenvalue weighted by Gasteiger charge is -2.29. The minimum Gasteiger partial charge on any atom is -0.352 e. The number of nitro benzene ring substituents is 1. The Hall–Kier alpha value is -2.43. The van der Waals surface area contributed by atoms with Gasteiger partial charge in [0, 0.05) is 31.4 Å². The minimum atomic E-state index is -0.347. The molecule has 0 fully saturated rings. The first-order chi connectivity index (χ1) is 9.24. The molecule has 0 bridgehead atoms. The molecule has 5 nitrogen and oxygen atoms in total. The molecule has 2 aromatic rings. The molecule has 3 rings (SSSR count). The van der Waals surface area contributed by atoms with Gasteiger partial charge >= 0.3 is 0 Å². The lowest BCUT2D eigenvalue weighted by molar-refractivity contribution is -0.384. The van der Waals surface area contributed by atoms with E-state index in [4.69, 9.17) is 0 Å². The molecule has 0 N–H and O–H groups in total. The van der Waals surface area contributed by atoms with Crippen molar-refractivity contribution in [3.63, 3.8) is 0 Å². The molecule has 5 heteroatoms. The Morgan fingerprint density at radius 2 is 2.11 bits per heavy atom. The van der Waals surface area contributed by atoms with Crippen LogP contribution in [0, 0.1) is 10.1 Å². The summed E-state index contributed by atoms with van der Waals surface area (Å²) in [6, 6.07) is 10.9. The average Bonchev–Trinajstić information content (AvgIpc) is 2.47. The first-order valence-corrected chi connectivity index (χ1v) is 6.16. The number of hydrogen-bond acceptors (Lipinski definition) is 4. The highest BCUT2D eigenvalue weighted by atomic mass is 16.6. The third kappa shape index (κ3) is 2.27. The zero-order valence-corrected chi connectivity index (χ0v) is 10.3. The van der Waals surface area contributed by atoms with Gasteiger partial charge in [0.05, 0.1) is 4.92 Å². The van der Waals surface area contributed by atoms with E-state index < -0.39 is 0 Å². The second kappa shape index (κ2) is 4.68. The summed E-state index contributed by atoms with van der Waals surface area (Å²) in [6.45, 7) is 1.57. The number of nitrogens with zero attached hydrogens (tertiary/aromatic N) is 3. The molecule has 1 aromatic carbocycles. The number of benzene rings is 1. The average molecular weight is 255 g/mol. The van der Waals surface area contributed by atoms with E-state index in [9.17, 15) is 10.1 Å². The van der Waals surface area contributed by atoms with E-state index in [-0.39, 0.29) is 10.6 Å². The largest absolute Gasteiger partial charge is 0.352 e. The van der Waals surface area contributed by atoms with Gasteiger partial charge in [-0.15, -0.1) is 0 Å². The molecule has 0 unspecified atom stereocenters. The van der Waals surface area contributed by atoms with Crippen molar-refractivity contribution in [2.24, 2.45) is 0 Å². The van der Waals surface area contributed by atoms with Crippen LogP contribution in [0.4, 0.5) is 11.5 Å². The van der Waals surface area contributed by atoms with Gasteiger partial charge in [-0.25, -0.2) is 4.98 Å². The van der Waals surface area contributed by atoms with E-state index in [1.54, 1.807) is 18.3 Å². The predicted octanol–water partition coefficient (Wildman–Crippen LogP) is 2.55. The number of hydrogen-bond donors (Lipinski definition) is 0. The van der Waals surface area contributed by atoms with E-state index in [0.717, 1.165) is 24.3 Å². The molecule has 0 saturated heterocycles. The van der Waals surface area contributed by atoms with Crippen molar-refractivity contribution < 1.29 is 4.92 Å². The molecule has 19 heavy (non-hydrogen) atoms. The summed E-state index contributed by atoms with van der Waals surface area (Å²) in [5, 5.41) is 10.8. The minimum absolute atomic E-state index is 0.154. The van der Waals surface area contributed by atoms with Crippen LogP contribution in [-0.4, -0.2) is 16.5 Å². The van der Waals surface area contributed by atoms with Crippen molar-refractivity contribution >= 4 is 11.5 Å². The number of nitro groups is 1.